The minimum atomic E-state index is -0.601. The fraction of sp³-hybridized carbons (Fsp3) is 0.0714. The average molecular weight is 229 g/mol. The van der Waals surface area contributed by atoms with Gasteiger partial charge in [0.2, 0.25) is 5.91 Å². The lowest BCUT2D eigenvalue weighted by molar-refractivity contribution is 0.0999. The van der Waals surface area contributed by atoms with E-state index in [4.69, 9.17) is 5.73 Å². The zero-order valence-corrected chi connectivity index (χ0v) is 9.19. The summed E-state index contributed by atoms with van der Waals surface area (Å²) in [5, 5.41) is 0. The number of nitrogens with two attached hydrogens (primary N) is 1. The van der Waals surface area contributed by atoms with E-state index in [1.54, 1.807) is 6.07 Å². The molecule has 2 rings (SSSR count). The molecular weight excluding hydrogens is 217 g/mol. The summed E-state index contributed by atoms with van der Waals surface area (Å²) in [6, 6.07) is 13.8. The van der Waals surface area contributed by atoms with Crippen LogP contribution in [0.15, 0.2) is 48.5 Å². The van der Waals surface area contributed by atoms with Crippen LogP contribution < -0.4 is 5.73 Å². The number of carbonyl (C=O) groups excluding carboxylic acids is 1. The lowest BCUT2D eigenvalue weighted by Gasteiger charge is -2.08. The highest BCUT2D eigenvalue weighted by molar-refractivity contribution is 5.94. The van der Waals surface area contributed by atoms with Crippen LogP contribution in [0.1, 0.15) is 21.5 Å². The first-order valence-electron chi connectivity index (χ1n) is 5.29. The van der Waals surface area contributed by atoms with Crippen molar-refractivity contribution in [3.8, 4) is 0 Å². The number of rotatable bonds is 3. The summed E-state index contributed by atoms with van der Waals surface area (Å²) in [6.45, 7) is 0. The van der Waals surface area contributed by atoms with Gasteiger partial charge in [0.15, 0.2) is 0 Å². The molecule has 3 heteroatoms. The molecule has 2 N–H and O–H groups in total. The van der Waals surface area contributed by atoms with Crippen LogP contribution in [0.4, 0.5) is 4.39 Å². The maximum absolute atomic E-state index is 13.7. The fourth-order valence-electron chi connectivity index (χ4n) is 1.77. The Morgan fingerprint density at radius 1 is 1.06 bits per heavy atom. The molecule has 2 nitrogen and oxygen atoms in total. The Bertz CT molecular complexity index is 537. The predicted octanol–water partition coefficient (Wildman–Crippen LogP) is 2.52. The van der Waals surface area contributed by atoms with Gasteiger partial charge in [-0.25, -0.2) is 4.39 Å². The molecule has 86 valence electrons. The number of halogens is 1. The Balaban J connectivity index is 2.41. The second-order valence-electron chi connectivity index (χ2n) is 3.79. The second kappa shape index (κ2) is 4.78. The van der Waals surface area contributed by atoms with Crippen LogP contribution in [-0.4, -0.2) is 5.91 Å². The van der Waals surface area contributed by atoms with Crippen LogP contribution >= 0.6 is 0 Å². The van der Waals surface area contributed by atoms with Crippen LogP contribution in [0.25, 0.3) is 0 Å². The number of carbonyl (C=O) groups is 1. The lowest BCUT2D eigenvalue weighted by atomic mass is 9.99. The summed E-state index contributed by atoms with van der Waals surface area (Å²) in [6.07, 6.45) is 0.367. The van der Waals surface area contributed by atoms with Crippen LogP contribution in [-0.2, 0) is 6.42 Å². The Morgan fingerprint density at radius 2 is 1.76 bits per heavy atom. The zero-order chi connectivity index (χ0) is 12.3. The van der Waals surface area contributed by atoms with E-state index >= 15 is 0 Å². The number of benzene rings is 2. The van der Waals surface area contributed by atoms with Gasteiger partial charge < -0.3 is 5.73 Å². The molecule has 0 aliphatic rings. The van der Waals surface area contributed by atoms with Crippen molar-refractivity contribution in [3.05, 3.63) is 71.0 Å². The third kappa shape index (κ3) is 2.50. The highest BCUT2D eigenvalue weighted by Gasteiger charge is 2.12. The maximum Gasteiger partial charge on any atom is 0.249 e. The van der Waals surface area contributed by atoms with Crippen molar-refractivity contribution < 1.29 is 9.18 Å². The molecule has 0 heterocycles. The van der Waals surface area contributed by atoms with Gasteiger partial charge in [0.1, 0.15) is 5.82 Å². The van der Waals surface area contributed by atoms with Gasteiger partial charge in [-0.3, -0.25) is 4.79 Å². The highest BCUT2D eigenvalue weighted by atomic mass is 19.1. The summed E-state index contributed by atoms with van der Waals surface area (Å²) < 4.78 is 13.7. The molecule has 1 amide bonds. The monoisotopic (exact) mass is 229 g/mol. The third-order valence-corrected chi connectivity index (χ3v) is 2.61. The van der Waals surface area contributed by atoms with E-state index in [0.29, 0.717) is 12.0 Å². The van der Waals surface area contributed by atoms with Gasteiger partial charge in [-0.1, -0.05) is 36.4 Å². The number of primary amides is 1. The van der Waals surface area contributed by atoms with E-state index in [-0.39, 0.29) is 5.56 Å². The SMILES string of the molecule is NC(=O)c1cccc(F)c1Cc1ccccc1. The van der Waals surface area contributed by atoms with Gasteiger partial charge in [0, 0.05) is 17.5 Å². The quantitative estimate of drug-likeness (QED) is 0.863. The van der Waals surface area contributed by atoms with Crippen molar-refractivity contribution in [3.63, 3.8) is 0 Å². The Kier molecular flexibility index (Phi) is 3.19. The normalized spacial score (nSPS) is 10.2. The second-order valence-corrected chi connectivity index (χ2v) is 3.79. The summed E-state index contributed by atoms with van der Waals surface area (Å²) in [5.41, 5.74) is 6.77. The van der Waals surface area contributed by atoms with Gasteiger partial charge in [-0.05, 0) is 17.7 Å². The van der Waals surface area contributed by atoms with E-state index in [2.05, 4.69) is 0 Å². The maximum atomic E-state index is 13.7. The van der Waals surface area contributed by atoms with Crippen molar-refractivity contribution >= 4 is 5.91 Å². The first-order chi connectivity index (χ1) is 8.18. The summed E-state index contributed by atoms with van der Waals surface area (Å²) in [4.78, 5) is 11.2. The molecule has 0 atom stereocenters. The number of hydrogen-bond donors (Lipinski definition) is 1. The molecule has 0 saturated heterocycles. The molecule has 17 heavy (non-hydrogen) atoms. The van der Waals surface area contributed by atoms with E-state index < -0.39 is 11.7 Å². The van der Waals surface area contributed by atoms with E-state index in [1.165, 1.54) is 12.1 Å². The number of hydrogen-bond acceptors (Lipinski definition) is 1. The predicted molar refractivity (Wildman–Crippen MR) is 64.2 cm³/mol. The van der Waals surface area contributed by atoms with Crippen molar-refractivity contribution in [2.75, 3.05) is 0 Å². The number of amides is 1. The molecule has 2 aromatic rings. The van der Waals surface area contributed by atoms with E-state index in [1.807, 2.05) is 30.3 Å². The summed E-state index contributed by atoms with van der Waals surface area (Å²) in [5.74, 6) is -0.999. The third-order valence-electron chi connectivity index (χ3n) is 2.61. The molecule has 0 aliphatic heterocycles. The van der Waals surface area contributed by atoms with Crippen molar-refractivity contribution in [2.24, 2.45) is 5.73 Å². The molecule has 0 bridgehead atoms. The minimum absolute atomic E-state index is 0.244. The van der Waals surface area contributed by atoms with Crippen molar-refractivity contribution in [1.29, 1.82) is 0 Å². The minimum Gasteiger partial charge on any atom is -0.366 e. The van der Waals surface area contributed by atoms with E-state index in [9.17, 15) is 9.18 Å². The van der Waals surface area contributed by atoms with Crippen LogP contribution in [0.5, 0.6) is 0 Å². The Hall–Kier alpha value is -2.16. The van der Waals surface area contributed by atoms with Crippen molar-refractivity contribution in [2.45, 2.75) is 6.42 Å². The molecule has 0 fully saturated rings. The topological polar surface area (TPSA) is 43.1 Å². The van der Waals surface area contributed by atoms with Crippen LogP contribution in [0.3, 0.4) is 0 Å². The first kappa shape index (κ1) is 11.3. The zero-order valence-electron chi connectivity index (χ0n) is 9.19. The van der Waals surface area contributed by atoms with Crippen LogP contribution in [0.2, 0.25) is 0 Å². The summed E-state index contributed by atoms with van der Waals surface area (Å²) >= 11 is 0. The highest BCUT2D eigenvalue weighted by Crippen LogP contribution is 2.17. The smallest absolute Gasteiger partial charge is 0.249 e. The Morgan fingerprint density at radius 3 is 2.41 bits per heavy atom. The molecule has 0 aromatic heterocycles. The van der Waals surface area contributed by atoms with Gasteiger partial charge in [-0.2, -0.15) is 0 Å². The fourth-order valence-corrected chi connectivity index (χ4v) is 1.77. The Labute approximate surface area is 98.9 Å². The molecule has 0 spiro atoms. The van der Waals surface area contributed by atoms with Crippen LogP contribution in [0, 0.1) is 5.82 Å². The van der Waals surface area contributed by atoms with E-state index in [0.717, 1.165) is 5.56 Å². The molecule has 0 radical (unpaired) electrons. The molecular formula is C14H12FNO. The molecule has 0 aliphatic carbocycles. The van der Waals surface area contributed by atoms with Gasteiger partial charge >= 0.3 is 0 Å². The molecule has 2 aromatic carbocycles. The standard InChI is InChI=1S/C14H12FNO/c15-13-8-4-7-11(14(16)17)12(13)9-10-5-2-1-3-6-10/h1-8H,9H2,(H2,16,17). The van der Waals surface area contributed by atoms with Gasteiger partial charge in [0.25, 0.3) is 0 Å². The van der Waals surface area contributed by atoms with Gasteiger partial charge in [0.05, 0.1) is 0 Å². The molecule has 0 unspecified atom stereocenters. The molecule has 0 saturated carbocycles. The van der Waals surface area contributed by atoms with Crippen molar-refractivity contribution in [1.82, 2.24) is 0 Å². The lowest BCUT2D eigenvalue weighted by Crippen LogP contribution is -2.15. The first-order valence-corrected chi connectivity index (χ1v) is 5.29. The largest absolute Gasteiger partial charge is 0.366 e. The van der Waals surface area contributed by atoms with Gasteiger partial charge in [-0.15, -0.1) is 0 Å². The summed E-state index contributed by atoms with van der Waals surface area (Å²) in [7, 11) is 0. The average Bonchev–Trinajstić information content (AvgIpc) is 2.33.